The number of methoxy groups -OCH3 is 1. The lowest BCUT2D eigenvalue weighted by Gasteiger charge is -2.15. The number of benzene rings is 1. The van der Waals surface area contributed by atoms with Crippen LogP contribution >= 0.6 is 11.6 Å². The lowest BCUT2D eigenvalue weighted by atomic mass is 10.1. The van der Waals surface area contributed by atoms with Crippen molar-refractivity contribution >= 4 is 23.2 Å². The second-order valence-corrected chi connectivity index (χ2v) is 4.20. The summed E-state index contributed by atoms with van der Waals surface area (Å²) in [5, 5.41) is 22.3. The fourth-order valence-electron chi connectivity index (χ4n) is 1.42. The van der Waals surface area contributed by atoms with Gasteiger partial charge >= 0.3 is 0 Å². The Labute approximate surface area is 114 Å². The van der Waals surface area contributed by atoms with Crippen LogP contribution in [0.5, 0.6) is 0 Å². The minimum Gasteiger partial charge on any atom is -0.394 e. The number of carbonyl (C=O) groups is 1. The van der Waals surface area contributed by atoms with Crippen LogP contribution in [0.1, 0.15) is 10.4 Å². The number of hydrogen-bond donors (Lipinski definition) is 2. The summed E-state index contributed by atoms with van der Waals surface area (Å²) in [6.07, 6.45) is 0. The van der Waals surface area contributed by atoms with Crippen molar-refractivity contribution in [3.05, 3.63) is 38.9 Å². The summed E-state index contributed by atoms with van der Waals surface area (Å²) >= 11 is 5.71. The average Bonchev–Trinajstić information content (AvgIpc) is 2.37. The van der Waals surface area contributed by atoms with Crippen molar-refractivity contribution in [2.24, 2.45) is 0 Å². The molecule has 1 unspecified atom stereocenters. The van der Waals surface area contributed by atoms with Gasteiger partial charge in [-0.2, -0.15) is 0 Å². The van der Waals surface area contributed by atoms with E-state index in [0.717, 1.165) is 12.1 Å². The number of ether oxygens (including phenoxy) is 1. The van der Waals surface area contributed by atoms with Gasteiger partial charge in [-0.05, 0) is 6.07 Å². The highest BCUT2D eigenvalue weighted by molar-refractivity contribution is 6.31. The molecule has 104 valence electrons. The molecular formula is C11H13ClN2O5. The fourth-order valence-corrected chi connectivity index (χ4v) is 1.65. The van der Waals surface area contributed by atoms with Crippen molar-refractivity contribution in [2.45, 2.75) is 6.04 Å². The number of nitro benzene ring substituents is 1. The second-order valence-electron chi connectivity index (χ2n) is 3.76. The Morgan fingerprint density at radius 2 is 2.26 bits per heavy atom. The molecule has 0 aliphatic rings. The van der Waals surface area contributed by atoms with Gasteiger partial charge in [0.1, 0.15) is 0 Å². The van der Waals surface area contributed by atoms with E-state index >= 15 is 0 Å². The molecule has 1 aromatic carbocycles. The summed E-state index contributed by atoms with van der Waals surface area (Å²) in [7, 11) is 1.43. The van der Waals surface area contributed by atoms with Crippen LogP contribution in [0.2, 0.25) is 5.02 Å². The minimum atomic E-state index is -0.638. The van der Waals surface area contributed by atoms with Gasteiger partial charge in [0, 0.05) is 29.8 Å². The van der Waals surface area contributed by atoms with Gasteiger partial charge in [0.05, 0.1) is 24.2 Å². The Hall–Kier alpha value is -1.70. The molecule has 1 amide bonds. The maximum Gasteiger partial charge on any atom is 0.271 e. The van der Waals surface area contributed by atoms with E-state index in [1.807, 2.05) is 0 Å². The van der Waals surface area contributed by atoms with Crippen molar-refractivity contribution in [2.75, 3.05) is 20.3 Å². The Balaban J connectivity index is 2.90. The molecule has 19 heavy (non-hydrogen) atoms. The number of nitro groups is 1. The fraction of sp³-hybridized carbons (Fsp3) is 0.364. The molecule has 0 saturated heterocycles. The van der Waals surface area contributed by atoms with Gasteiger partial charge in [-0.3, -0.25) is 14.9 Å². The largest absolute Gasteiger partial charge is 0.394 e. The number of nitrogens with one attached hydrogen (secondary N) is 1. The molecule has 0 aliphatic carbocycles. The molecule has 2 N–H and O–H groups in total. The van der Waals surface area contributed by atoms with Crippen molar-refractivity contribution in [1.82, 2.24) is 5.32 Å². The number of hydrogen-bond acceptors (Lipinski definition) is 5. The van der Waals surface area contributed by atoms with Crippen LogP contribution in [0.4, 0.5) is 5.69 Å². The van der Waals surface area contributed by atoms with Crippen LogP contribution in [0.3, 0.4) is 0 Å². The van der Waals surface area contributed by atoms with Gasteiger partial charge in [0.15, 0.2) is 0 Å². The highest BCUT2D eigenvalue weighted by atomic mass is 35.5. The number of carbonyl (C=O) groups excluding carboxylic acids is 1. The predicted molar refractivity (Wildman–Crippen MR) is 68.3 cm³/mol. The molecule has 0 spiro atoms. The predicted octanol–water partition coefficient (Wildman–Crippen LogP) is 0.985. The Morgan fingerprint density at radius 1 is 1.58 bits per heavy atom. The van der Waals surface area contributed by atoms with E-state index in [2.05, 4.69) is 5.32 Å². The lowest BCUT2D eigenvalue weighted by Crippen LogP contribution is -2.40. The monoisotopic (exact) mass is 288 g/mol. The van der Waals surface area contributed by atoms with Crippen molar-refractivity contribution in [3.63, 3.8) is 0 Å². The Bertz CT molecular complexity index is 480. The number of non-ortho nitro benzene ring substituents is 1. The Kier molecular flexibility index (Phi) is 5.68. The number of nitrogens with zero attached hydrogens (tertiary/aromatic N) is 1. The first-order valence-corrected chi connectivity index (χ1v) is 5.71. The maximum atomic E-state index is 11.9. The highest BCUT2D eigenvalue weighted by Crippen LogP contribution is 2.20. The number of aliphatic hydroxyl groups excluding tert-OH is 1. The van der Waals surface area contributed by atoms with Crippen LogP contribution in [0, 0.1) is 10.1 Å². The van der Waals surface area contributed by atoms with E-state index in [0.29, 0.717) is 0 Å². The molecule has 0 aliphatic heterocycles. The summed E-state index contributed by atoms with van der Waals surface area (Å²) in [4.78, 5) is 21.9. The Morgan fingerprint density at radius 3 is 2.79 bits per heavy atom. The molecule has 0 bridgehead atoms. The van der Waals surface area contributed by atoms with Crippen LogP contribution in [-0.2, 0) is 4.74 Å². The molecule has 0 fully saturated rings. The molecule has 1 atom stereocenters. The van der Waals surface area contributed by atoms with E-state index in [9.17, 15) is 14.9 Å². The SMILES string of the molecule is COCC(CO)NC(=O)c1cc(Cl)cc([N+](=O)[O-])c1. The molecule has 0 radical (unpaired) electrons. The molecule has 0 heterocycles. The first-order valence-electron chi connectivity index (χ1n) is 5.33. The van der Waals surface area contributed by atoms with E-state index in [1.54, 1.807) is 0 Å². The van der Waals surface area contributed by atoms with Crippen molar-refractivity contribution < 1.29 is 19.6 Å². The quantitative estimate of drug-likeness (QED) is 0.600. The van der Waals surface area contributed by atoms with Gasteiger partial charge in [0.2, 0.25) is 0 Å². The van der Waals surface area contributed by atoms with Gasteiger partial charge in [-0.15, -0.1) is 0 Å². The minimum absolute atomic E-state index is 0.0498. The first-order chi connectivity index (χ1) is 8.97. The number of amides is 1. The first kappa shape index (κ1) is 15.4. The van der Waals surface area contributed by atoms with Crippen LogP contribution in [0.15, 0.2) is 18.2 Å². The zero-order chi connectivity index (χ0) is 14.4. The zero-order valence-corrected chi connectivity index (χ0v) is 10.9. The van der Waals surface area contributed by atoms with E-state index in [4.69, 9.17) is 21.4 Å². The second kappa shape index (κ2) is 7.03. The van der Waals surface area contributed by atoms with E-state index in [-0.39, 0.29) is 29.5 Å². The molecule has 8 heteroatoms. The smallest absolute Gasteiger partial charge is 0.271 e. The normalized spacial score (nSPS) is 11.9. The zero-order valence-electron chi connectivity index (χ0n) is 10.1. The summed E-state index contributed by atoms with van der Waals surface area (Å²) < 4.78 is 4.81. The molecule has 1 aromatic rings. The third kappa shape index (κ3) is 4.47. The summed E-state index contributed by atoms with van der Waals surface area (Å²) in [6.45, 7) is -0.173. The van der Waals surface area contributed by atoms with Gasteiger partial charge in [0.25, 0.3) is 11.6 Å². The maximum absolute atomic E-state index is 11.9. The third-order valence-corrected chi connectivity index (χ3v) is 2.50. The number of aliphatic hydroxyl groups is 1. The third-order valence-electron chi connectivity index (χ3n) is 2.28. The lowest BCUT2D eigenvalue weighted by molar-refractivity contribution is -0.384. The molecule has 0 aromatic heterocycles. The molecule has 0 saturated carbocycles. The summed E-state index contributed by atoms with van der Waals surface area (Å²) in [6, 6.07) is 2.99. The summed E-state index contributed by atoms with van der Waals surface area (Å²) in [5.74, 6) is -0.568. The summed E-state index contributed by atoms with van der Waals surface area (Å²) in [5.41, 5.74) is -0.223. The van der Waals surface area contributed by atoms with Crippen LogP contribution in [0.25, 0.3) is 0 Å². The van der Waals surface area contributed by atoms with Crippen LogP contribution < -0.4 is 5.32 Å². The number of halogens is 1. The molecule has 7 nitrogen and oxygen atoms in total. The highest BCUT2D eigenvalue weighted by Gasteiger charge is 2.17. The molecular weight excluding hydrogens is 276 g/mol. The number of rotatable bonds is 6. The van der Waals surface area contributed by atoms with Crippen LogP contribution in [-0.4, -0.2) is 42.3 Å². The van der Waals surface area contributed by atoms with E-state index in [1.165, 1.54) is 13.2 Å². The van der Waals surface area contributed by atoms with Crippen molar-refractivity contribution in [3.8, 4) is 0 Å². The van der Waals surface area contributed by atoms with Gasteiger partial charge in [-0.1, -0.05) is 11.6 Å². The van der Waals surface area contributed by atoms with Gasteiger partial charge in [-0.25, -0.2) is 0 Å². The topological polar surface area (TPSA) is 102 Å². The average molecular weight is 289 g/mol. The van der Waals surface area contributed by atoms with Crippen molar-refractivity contribution in [1.29, 1.82) is 0 Å². The standard InChI is InChI=1S/C11H13ClN2O5/c1-19-6-9(5-15)13-11(16)7-2-8(12)4-10(3-7)14(17)18/h2-4,9,15H,5-6H2,1H3,(H,13,16). The molecule has 1 rings (SSSR count). The van der Waals surface area contributed by atoms with E-state index < -0.39 is 16.9 Å². The van der Waals surface area contributed by atoms with Gasteiger partial charge < -0.3 is 15.2 Å².